The quantitative estimate of drug-likeness (QED) is 0.826. The Morgan fingerprint density at radius 1 is 1.44 bits per heavy atom. The molecule has 0 radical (unpaired) electrons. The molecule has 0 saturated heterocycles. The van der Waals surface area contributed by atoms with Gasteiger partial charge in [-0.25, -0.2) is 4.98 Å². The minimum absolute atomic E-state index is 0.407. The molecule has 0 aliphatic heterocycles. The number of hydrogen-bond donors (Lipinski definition) is 1. The SMILES string of the molecule is Cn1ncnc1COc1cccc(CN)c1. The van der Waals surface area contributed by atoms with Crippen molar-refractivity contribution in [1.82, 2.24) is 14.8 Å². The van der Waals surface area contributed by atoms with Crippen LogP contribution in [0.1, 0.15) is 11.4 Å². The zero-order chi connectivity index (χ0) is 11.4. The molecule has 0 amide bonds. The van der Waals surface area contributed by atoms with Crippen LogP contribution in [-0.4, -0.2) is 14.8 Å². The van der Waals surface area contributed by atoms with Gasteiger partial charge in [-0.15, -0.1) is 0 Å². The standard InChI is InChI=1S/C11H14N4O/c1-15-11(13-8-14-15)7-16-10-4-2-3-9(5-10)6-12/h2-5,8H,6-7,12H2,1H3. The van der Waals surface area contributed by atoms with E-state index in [-0.39, 0.29) is 0 Å². The molecule has 0 fully saturated rings. The van der Waals surface area contributed by atoms with Gasteiger partial charge in [0.1, 0.15) is 18.7 Å². The van der Waals surface area contributed by atoms with E-state index in [9.17, 15) is 0 Å². The molecule has 2 aromatic rings. The van der Waals surface area contributed by atoms with E-state index in [1.165, 1.54) is 6.33 Å². The Labute approximate surface area is 93.9 Å². The summed E-state index contributed by atoms with van der Waals surface area (Å²) >= 11 is 0. The number of nitrogens with zero attached hydrogens (tertiary/aromatic N) is 3. The second kappa shape index (κ2) is 4.76. The predicted octanol–water partition coefficient (Wildman–Crippen LogP) is 0.853. The lowest BCUT2D eigenvalue weighted by Gasteiger charge is -2.06. The van der Waals surface area contributed by atoms with Crippen LogP contribution in [0.3, 0.4) is 0 Å². The Hall–Kier alpha value is -1.88. The molecular formula is C11H14N4O. The zero-order valence-corrected chi connectivity index (χ0v) is 9.13. The molecule has 2 rings (SSSR count). The first kappa shape index (κ1) is 10.6. The largest absolute Gasteiger partial charge is 0.486 e. The minimum Gasteiger partial charge on any atom is -0.486 e. The number of aryl methyl sites for hydroxylation is 1. The van der Waals surface area contributed by atoms with Crippen LogP contribution in [0.15, 0.2) is 30.6 Å². The van der Waals surface area contributed by atoms with Crippen LogP contribution >= 0.6 is 0 Å². The lowest BCUT2D eigenvalue weighted by Crippen LogP contribution is -2.05. The normalized spacial score (nSPS) is 10.4. The molecule has 0 saturated carbocycles. The smallest absolute Gasteiger partial charge is 0.164 e. The van der Waals surface area contributed by atoms with Crippen molar-refractivity contribution in [1.29, 1.82) is 0 Å². The summed E-state index contributed by atoms with van der Waals surface area (Å²) in [6.07, 6.45) is 1.51. The molecule has 0 atom stereocenters. The third-order valence-electron chi connectivity index (χ3n) is 2.31. The van der Waals surface area contributed by atoms with Crippen molar-refractivity contribution in [2.75, 3.05) is 0 Å². The molecule has 84 valence electrons. The first-order chi connectivity index (χ1) is 7.79. The average molecular weight is 218 g/mol. The maximum Gasteiger partial charge on any atom is 0.164 e. The highest BCUT2D eigenvalue weighted by molar-refractivity contribution is 5.28. The first-order valence-corrected chi connectivity index (χ1v) is 5.04. The number of nitrogens with two attached hydrogens (primary N) is 1. The Bertz CT molecular complexity index is 467. The van der Waals surface area contributed by atoms with Crippen LogP contribution in [0, 0.1) is 0 Å². The summed E-state index contributed by atoms with van der Waals surface area (Å²) in [5, 5.41) is 3.97. The number of rotatable bonds is 4. The molecule has 1 heterocycles. The third kappa shape index (κ3) is 2.38. The van der Waals surface area contributed by atoms with Crippen molar-refractivity contribution >= 4 is 0 Å². The fraction of sp³-hybridized carbons (Fsp3) is 0.273. The summed E-state index contributed by atoms with van der Waals surface area (Å²) < 4.78 is 7.28. The summed E-state index contributed by atoms with van der Waals surface area (Å²) in [5.74, 6) is 1.59. The topological polar surface area (TPSA) is 66.0 Å². The summed E-state index contributed by atoms with van der Waals surface area (Å²) in [4.78, 5) is 4.08. The fourth-order valence-electron chi connectivity index (χ4n) is 1.36. The van der Waals surface area contributed by atoms with Gasteiger partial charge in [0.15, 0.2) is 5.82 Å². The Balaban J connectivity index is 2.02. The van der Waals surface area contributed by atoms with Gasteiger partial charge in [0, 0.05) is 13.6 Å². The molecule has 0 spiro atoms. The second-order valence-corrected chi connectivity index (χ2v) is 3.44. The molecule has 16 heavy (non-hydrogen) atoms. The lowest BCUT2D eigenvalue weighted by atomic mass is 10.2. The highest BCUT2D eigenvalue weighted by Gasteiger charge is 2.01. The van der Waals surface area contributed by atoms with Crippen molar-refractivity contribution in [3.8, 4) is 5.75 Å². The van der Waals surface area contributed by atoms with Gasteiger partial charge in [0.2, 0.25) is 0 Å². The molecule has 0 aliphatic carbocycles. The summed E-state index contributed by atoms with van der Waals surface area (Å²) in [6.45, 7) is 0.922. The summed E-state index contributed by atoms with van der Waals surface area (Å²) in [7, 11) is 1.84. The van der Waals surface area contributed by atoms with E-state index in [1.807, 2.05) is 31.3 Å². The van der Waals surface area contributed by atoms with Crippen LogP contribution in [-0.2, 0) is 20.2 Å². The molecule has 0 unspecified atom stereocenters. The highest BCUT2D eigenvalue weighted by Crippen LogP contribution is 2.14. The molecule has 5 heteroatoms. The van der Waals surface area contributed by atoms with Crippen molar-refractivity contribution in [3.05, 3.63) is 42.0 Å². The van der Waals surface area contributed by atoms with Gasteiger partial charge < -0.3 is 10.5 Å². The van der Waals surface area contributed by atoms with Gasteiger partial charge in [-0.2, -0.15) is 5.10 Å². The van der Waals surface area contributed by atoms with Crippen molar-refractivity contribution < 1.29 is 4.74 Å². The van der Waals surface area contributed by atoms with E-state index in [0.717, 1.165) is 17.1 Å². The number of ether oxygens (including phenoxy) is 1. The maximum atomic E-state index is 5.59. The van der Waals surface area contributed by atoms with Gasteiger partial charge in [-0.1, -0.05) is 12.1 Å². The summed E-state index contributed by atoms with van der Waals surface area (Å²) in [5.41, 5.74) is 6.60. The maximum absolute atomic E-state index is 5.59. The monoisotopic (exact) mass is 218 g/mol. The van der Waals surface area contributed by atoms with Crippen molar-refractivity contribution in [2.45, 2.75) is 13.2 Å². The molecule has 0 aliphatic rings. The fourth-order valence-corrected chi connectivity index (χ4v) is 1.36. The van der Waals surface area contributed by atoms with Gasteiger partial charge in [-0.3, -0.25) is 4.68 Å². The van der Waals surface area contributed by atoms with E-state index in [0.29, 0.717) is 13.2 Å². The van der Waals surface area contributed by atoms with Gasteiger partial charge in [0.25, 0.3) is 0 Å². The van der Waals surface area contributed by atoms with Crippen molar-refractivity contribution in [2.24, 2.45) is 12.8 Å². The molecule has 1 aromatic heterocycles. The van der Waals surface area contributed by atoms with Crippen molar-refractivity contribution in [3.63, 3.8) is 0 Å². The van der Waals surface area contributed by atoms with Crippen LogP contribution in [0.4, 0.5) is 0 Å². The minimum atomic E-state index is 0.407. The number of benzene rings is 1. The molecule has 2 N–H and O–H groups in total. The van der Waals surface area contributed by atoms with Crippen LogP contribution < -0.4 is 10.5 Å². The Kier molecular flexibility index (Phi) is 3.16. The van der Waals surface area contributed by atoms with E-state index >= 15 is 0 Å². The third-order valence-corrected chi connectivity index (χ3v) is 2.31. The zero-order valence-electron chi connectivity index (χ0n) is 9.13. The average Bonchev–Trinajstić information content (AvgIpc) is 2.72. The Morgan fingerprint density at radius 2 is 2.31 bits per heavy atom. The van der Waals surface area contributed by atoms with Gasteiger partial charge in [0.05, 0.1) is 0 Å². The van der Waals surface area contributed by atoms with Gasteiger partial charge >= 0.3 is 0 Å². The highest BCUT2D eigenvalue weighted by atomic mass is 16.5. The van der Waals surface area contributed by atoms with Crippen LogP contribution in [0.5, 0.6) is 5.75 Å². The first-order valence-electron chi connectivity index (χ1n) is 5.04. The molecule has 1 aromatic carbocycles. The van der Waals surface area contributed by atoms with E-state index in [4.69, 9.17) is 10.5 Å². The number of aromatic nitrogens is 3. The van der Waals surface area contributed by atoms with Gasteiger partial charge in [-0.05, 0) is 17.7 Å². The number of hydrogen-bond acceptors (Lipinski definition) is 4. The predicted molar refractivity (Wildman–Crippen MR) is 59.7 cm³/mol. The Morgan fingerprint density at radius 3 is 3.00 bits per heavy atom. The summed E-state index contributed by atoms with van der Waals surface area (Å²) in [6, 6.07) is 7.72. The lowest BCUT2D eigenvalue weighted by molar-refractivity contribution is 0.289. The second-order valence-electron chi connectivity index (χ2n) is 3.44. The molecular weight excluding hydrogens is 204 g/mol. The molecule has 5 nitrogen and oxygen atoms in total. The van der Waals surface area contributed by atoms with Crippen LogP contribution in [0.2, 0.25) is 0 Å². The van der Waals surface area contributed by atoms with E-state index in [2.05, 4.69) is 10.1 Å². The van der Waals surface area contributed by atoms with E-state index in [1.54, 1.807) is 4.68 Å². The van der Waals surface area contributed by atoms with Crippen LogP contribution in [0.25, 0.3) is 0 Å². The molecule has 0 bridgehead atoms. The van der Waals surface area contributed by atoms with E-state index < -0.39 is 0 Å².